The van der Waals surface area contributed by atoms with E-state index in [0.717, 1.165) is 58.0 Å². The molecule has 0 aromatic carbocycles. The Hall–Kier alpha value is -1.26. The SMILES string of the molecule is CC1CCCCC1(NC(=O)N1CCCCCC1)C(=O)O. The zero-order chi connectivity index (χ0) is 14.6. The van der Waals surface area contributed by atoms with E-state index in [1.54, 1.807) is 4.90 Å². The zero-order valence-electron chi connectivity index (χ0n) is 12.4. The van der Waals surface area contributed by atoms with Gasteiger partial charge in [0.1, 0.15) is 5.54 Å². The fraction of sp³-hybridized carbons (Fsp3) is 0.867. The van der Waals surface area contributed by atoms with Crippen LogP contribution < -0.4 is 5.32 Å². The van der Waals surface area contributed by atoms with Crippen molar-refractivity contribution in [2.24, 2.45) is 5.92 Å². The Morgan fingerprint density at radius 2 is 1.75 bits per heavy atom. The first-order chi connectivity index (χ1) is 9.56. The highest BCUT2D eigenvalue weighted by Crippen LogP contribution is 2.34. The Bertz CT molecular complexity index is 364. The van der Waals surface area contributed by atoms with E-state index in [4.69, 9.17) is 0 Å². The van der Waals surface area contributed by atoms with Gasteiger partial charge in [0, 0.05) is 13.1 Å². The second kappa shape index (κ2) is 6.46. The van der Waals surface area contributed by atoms with Crippen LogP contribution in [0.1, 0.15) is 58.3 Å². The molecule has 1 aliphatic carbocycles. The number of carboxylic acids is 1. The predicted molar refractivity (Wildman–Crippen MR) is 76.6 cm³/mol. The number of likely N-dealkylation sites (tertiary alicyclic amines) is 1. The lowest BCUT2D eigenvalue weighted by atomic mass is 9.73. The minimum atomic E-state index is -1.07. The zero-order valence-corrected chi connectivity index (χ0v) is 12.4. The van der Waals surface area contributed by atoms with E-state index in [1.165, 1.54) is 0 Å². The average molecular weight is 282 g/mol. The van der Waals surface area contributed by atoms with E-state index in [0.29, 0.717) is 6.42 Å². The van der Waals surface area contributed by atoms with Gasteiger partial charge in [-0.15, -0.1) is 0 Å². The summed E-state index contributed by atoms with van der Waals surface area (Å²) in [6, 6.07) is -0.192. The number of nitrogens with zero attached hydrogens (tertiary/aromatic N) is 1. The van der Waals surface area contributed by atoms with Crippen molar-refractivity contribution in [2.75, 3.05) is 13.1 Å². The summed E-state index contributed by atoms with van der Waals surface area (Å²) in [7, 11) is 0. The predicted octanol–water partition coefficient (Wildman–Crippen LogP) is 2.61. The molecule has 2 aliphatic rings. The number of carbonyl (C=O) groups is 2. The van der Waals surface area contributed by atoms with Crippen LogP contribution in [0.15, 0.2) is 0 Å². The maximum Gasteiger partial charge on any atom is 0.329 e. The van der Waals surface area contributed by atoms with Gasteiger partial charge in [0.15, 0.2) is 0 Å². The number of rotatable bonds is 2. The number of carbonyl (C=O) groups excluding carboxylic acids is 1. The van der Waals surface area contributed by atoms with Crippen molar-refractivity contribution in [1.82, 2.24) is 10.2 Å². The Kier molecular flexibility index (Phi) is 4.89. The van der Waals surface area contributed by atoms with E-state index in [1.807, 2.05) is 6.92 Å². The van der Waals surface area contributed by atoms with Crippen LogP contribution in [0.25, 0.3) is 0 Å². The molecular formula is C15H26N2O3. The summed E-state index contributed by atoms with van der Waals surface area (Å²) in [5, 5.41) is 12.5. The normalized spacial score (nSPS) is 31.4. The van der Waals surface area contributed by atoms with Crippen LogP contribution in [0.3, 0.4) is 0 Å². The van der Waals surface area contributed by atoms with E-state index < -0.39 is 11.5 Å². The van der Waals surface area contributed by atoms with Crippen LogP contribution in [-0.4, -0.2) is 40.6 Å². The summed E-state index contributed by atoms with van der Waals surface area (Å²) in [5.74, 6) is -0.891. The standard InChI is InChI=1S/C15H26N2O3/c1-12-8-4-5-9-15(12,13(18)19)16-14(20)17-10-6-2-3-7-11-17/h12H,2-11H2,1H3,(H,16,20)(H,18,19). The van der Waals surface area contributed by atoms with Crippen LogP contribution in [-0.2, 0) is 4.79 Å². The Morgan fingerprint density at radius 1 is 1.10 bits per heavy atom. The molecule has 0 aromatic rings. The van der Waals surface area contributed by atoms with Crippen molar-refractivity contribution in [2.45, 2.75) is 63.8 Å². The van der Waals surface area contributed by atoms with Crippen LogP contribution in [0.5, 0.6) is 0 Å². The summed E-state index contributed by atoms with van der Waals surface area (Å²) in [4.78, 5) is 26.0. The van der Waals surface area contributed by atoms with Gasteiger partial charge in [-0.3, -0.25) is 0 Å². The smallest absolute Gasteiger partial charge is 0.329 e. The molecule has 5 heteroatoms. The van der Waals surface area contributed by atoms with Gasteiger partial charge in [0.05, 0.1) is 0 Å². The van der Waals surface area contributed by atoms with Gasteiger partial charge >= 0.3 is 12.0 Å². The minimum absolute atomic E-state index is 0.00956. The van der Waals surface area contributed by atoms with Gasteiger partial charge in [-0.25, -0.2) is 9.59 Å². The fourth-order valence-electron chi connectivity index (χ4n) is 3.45. The fourth-order valence-corrected chi connectivity index (χ4v) is 3.45. The molecule has 114 valence electrons. The molecular weight excluding hydrogens is 256 g/mol. The highest BCUT2D eigenvalue weighted by molar-refractivity contribution is 5.86. The van der Waals surface area contributed by atoms with Gasteiger partial charge in [-0.2, -0.15) is 0 Å². The number of urea groups is 1. The summed E-state index contributed by atoms with van der Waals surface area (Å²) in [6.07, 6.45) is 7.68. The number of amides is 2. The summed E-state index contributed by atoms with van der Waals surface area (Å²) >= 11 is 0. The summed E-state index contributed by atoms with van der Waals surface area (Å²) in [5.41, 5.74) is -1.07. The second-order valence-corrected chi connectivity index (χ2v) is 6.25. The first kappa shape index (κ1) is 15.1. The molecule has 0 aromatic heterocycles. The molecule has 20 heavy (non-hydrogen) atoms. The second-order valence-electron chi connectivity index (χ2n) is 6.25. The van der Waals surface area contributed by atoms with Crippen LogP contribution >= 0.6 is 0 Å². The van der Waals surface area contributed by atoms with Crippen molar-refractivity contribution in [3.05, 3.63) is 0 Å². The average Bonchev–Trinajstić information content (AvgIpc) is 2.70. The molecule has 2 amide bonds. The van der Waals surface area contributed by atoms with Crippen LogP contribution in [0, 0.1) is 5.92 Å². The maximum absolute atomic E-state index is 12.4. The number of nitrogens with one attached hydrogen (secondary N) is 1. The molecule has 2 rings (SSSR count). The number of carboxylic acid groups (broad SMARTS) is 1. The van der Waals surface area contributed by atoms with Crippen molar-refractivity contribution in [3.8, 4) is 0 Å². The molecule has 0 bridgehead atoms. The third kappa shape index (κ3) is 3.07. The molecule has 1 aliphatic heterocycles. The molecule has 2 atom stereocenters. The van der Waals surface area contributed by atoms with E-state index in [-0.39, 0.29) is 11.9 Å². The van der Waals surface area contributed by atoms with Crippen LogP contribution in [0.2, 0.25) is 0 Å². The van der Waals surface area contributed by atoms with E-state index >= 15 is 0 Å². The number of aliphatic carboxylic acids is 1. The molecule has 0 spiro atoms. The summed E-state index contributed by atoms with van der Waals surface area (Å²) < 4.78 is 0. The number of hydrogen-bond acceptors (Lipinski definition) is 2. The highest BCUT2D eigenvalue weighted by Gasteiger charge is 2.46. The van der Waals surface area contributed by atoms with E-state index in [9.17, 15) is 14.7 Å². The third-order valence-electron chi connectivity index (χ3n) is 4.90. The third-order valence-corrected chi connectivity index (χ3v) is 4.90. The van der Waals surface area contributed by atoms with Crippen molar-refractivity contribution < 1.29 is 14.7 Å². The lowest BCUT2D eigenvalue weighted by molar-refractivity contribution is -0.148. The molecule has 1 saturated heterocycles. The van der Waals surface area contributed by atoms with Gasteiger partial charge in [-0.05, 0) is 31.6 Å². The molecule has 2 N–H and O–H groups in total. The summed E-state index contributed by atoms with van der Waals surface area (Å²) in [6.45, 7) is 3.43. The Balaban J connectivity index is 2.07. The quantitative estimate of drug-likeness (QED) is 0.818. The number of hydrogen-bond donors (Lipinski definition) is 2. The minimum Gasteiger partial charge on any atom is -0.479 e. The lowest BCUT2D eigenvalue weighted by Crippen LogP contribution is -2.62. The Labute approximate surface area is 120 Å². The van der Waals surface area contributed by atoms with Gasteiger partial charge in [-0.1, -0.05) is 32.6 Å². The first-order valence-corrected chi connectivity index (χ1v) is 7.87. The molecule has 1 saturated carbocycles. The largest absolute Gasteiger partial charge is 0.479 e. The lowest BCUT2D eigenvalue weighted by Gasteiger charge is -2.40. The molecule has 1 heterocycles. The molecule has 0 radical (unpaired) electrons. The van der Waals surface area contributed by atoms with Crippen LogP contribution in [0.4, 0.5) is 4.79 Å². The van der Waals surface area contributed by atoms with Crippen molar-refractivity contribution in [1.29, 1.82) is 0 Å². The van der Waals surface area contributed by atoms with Gasteiger partial charge < -0.3 is 15.3 Å². The molecule has 2 unspecified atom stereocenters. The van der Waals surface area contributed by atoms with Crippen molar-refractivity contribution >= 4 is 12.0 Å². The van der Waals surface area contributed by atoms with Gasteiger partial charge in [0.2, 0.25) is 0 Å². The first-order valence-electron chi connectivity index (χ1n) is 7.87. The van der Waals surface area contributed by atoms with Gasteiger partial charge in [0.25, 0.3) is 0 Å². The Morgan fingerprint density at radius 3 is 2.30 bits per heavy atom. The van der Waals surface area contributed by atoms with E-state index in [2.05, 4.69) is 5.32 Å². The van der Waals surface area contributed by atoms with Crippen molar-refractivity contribution in [3.63, 3.8) is 0 Å². The molecule has 5 nitrogen and oxygen atoms in total. The maximum atomic E-state index is 12.4. The topological polar surface area (TPSA) is 69.6 Å². The molecule has 2 fully saturated rings. The highest BCUT2D eigenvalue weighted by atomic mass is 16.4. The monoisotopic (exact) mass is 282 g/mol.